The highest BCUT2D eigenvalue weighted by Gasteiger charge is 2.32. The maximum Gasteiger partial charge on any atom is 0.0123 e. The van der Waals surface area contributed by atoms with Crippen LogP contribution in [0.5, 0.6) is 0 Å². The van der Waals surface area contributed by atoms with E-state index < -0.39 is 0 Å². The molecule has 1 saturated carbocycles. The molecule has 1 heterocycles. The second-order valence-electron chi connectivity index (χ2n) is 6.31. The first kappa shape index (κ1) is 14.3. The van der Waals surface area contributed by atoms with Crippen molar-refractivity contribution in [2.45, 2.75) is 70.3 Å². The lowest BCUT2D eigenvalue weighted by atomic mass is 9.78. The zero-order valence-corrected chi connectivity index (χ0v) is 12.3. The van der Waals surface area contributed by atoms with Crippen molar-refractivity contribution < 1.29 is 0 Å². The number of nitrogens with one attached hydrogen (secondary N) is 1. The van der Waals surface area contributed by atoms with E-state index in [1.807, 2.05) is 0 Å². The van der Waals surface area contributed by atoms with Crippen LogP contribution in [0.25, 0.3) is 0 Å². The summed E-state index contributed by atoms with van der Waals surface area (Å²) < 4.78 is 0. The Morgan fingerprint density at radius 1 is 0.944 bits per heavy atom. The van der Waals surface area contributed by atoms with Crippen LogP contribution >= 0.6 is 0 Å². The molecule has 0 amide bonds. The largest absolute Gasteiger partial charge is 0.320 e. The first-order valence-electron chi connectivity index (χ1n) is 8.30. The molecule has 0 unspecified atom stereocenters. The van der Waals surface area contributed by atoms with Crippen molar-refractivity contribution >= 4 is 0 Å². The highest BCUT2D eigenvalue weighted by Crippen LogP contribution is 2.35. The van der Waals surface area contributed by atoms with Crippen LogP contribution in [0.3, 0.4) is 0 Å². The number of rotatable bonds is 7. The normalized spacial score (nSPS) is 29.2. The van der Waals surface area contributed by atoms with Crippen molar-refractivity contribution in [3.8, 4) is 0 Å². The Kier molecular flexibility index (Phi) is 6.50. The zero-order chi connectivity index (χ0) is 12.6. The van der Waals surface area contributed by atoms with Gasteiger partial charge in [0.15, 0.2) is 0 Å². The highest BCUT2D eigenvalue weighted by atomic mass is 15.2. The summed E-state index contributed by atoms with van der Waals surface area (Å²) in [7, 11) is 2.05. The Labute approximate surface area is 114 Å². The van der Waals surface area contributed by atoms with E-state index in [-0.39, 0.29) is 0 Å². The maximum atomic E-state index is 3.23. The molecule has 0 aromatic heterocycles. The molecule has 0 aromatic carbocycles. The molecule has 2 nitrogen and oxygen atoms in total. The summed E-state index contributed by atoms with van der Waals surface area (Å²) in [4.78, 5) is 2.84. The van der Waals surface area contributed by atoms with E-state index in [1.165, 1.54) is 83.8 Å². The molecule has 0 radical (unpaired) electrons. The molecular weight excluding hydrogens is 220 g/mol. The predicted octanol–water partition coefficient (Wildman–Crippen LogP) is 3.42. The van der Waals surface area contributed by atoms with E-state index in [0.29, 0.717) is 0 Å². The van der Waals surface area contributed by atoms with Crippen LogP contribution in [0.2, 0.25) is 0 Å². The number of nitrogens with zero attached hydrogens (tertiary/aromatic N) is 1. The molecule has 2 rings (SSSR count). The van der Waals surface area contributed by atoms with E-state index in [2.05, 4.69) is 17.3 Å². The fourth-order valence-electron chi connectivity index (χ4n) is 3.98. The van der Waals surface area contributed by atoms with Gasteiger partial charge in [0.25, 0.3) is 0 Å². The number of hydrogen-bond donors (Lipinski definition) is 1. The average molecular weight is 252 g/mol. The van der Waals surface area contributed by atoms with Crippen molar-refractivity contribution in [3.05, 3.63) is 0 Å². The standard InChI is InChI=1S/C16H32N2/c1-17-12-6-2-3-7-13-18-14-8-10-15-9-4-5-11-16(15)18/h15-17H,2-14H2,1H3/t15-,16-/m1/s1. The Morgan fingerprint density at radius 2 is 1.72 bits per heavy atom. The van der Waals surface area contributed by atoms with Crippen molar-refractivity contribution in [2.24, 2.45) is 5.92 Å². The van der Waals surface area contributed by atoms with Gasteiger partial charge in [-0.2, -0.15) is 0 Å². The van der Waals surface area contributed by atoms with Crippen LogP contribution in [-0.4, -0.2) is 37.6 Å². The molecule has 0 aromatic rings. The zero-order valence-electron chi connectivity index (χ0n) is 12.3. The summed E-state index contributed by atoms with van der Waals surface area (Å²) in [5, 5.41) is 3.23. The third kappa shape index (κ3) is 4.24. The van der Waals surface area contributed by atoms with Gasteiger partial charge < -0.3 is 10.2 Å². The average Bonchev–Trinajstić information content (AvgIpc) is 2.43. The lowest BCUT2D eigenvalue weighted by Gasteiger charge is -2.44. The number of fused-ring (bicyclic) bond motifs is 1. The third-order valence-corrected chi connectivity index (χ3v) is 4.98. The van der Waals surface area contributed by atoms with E-state index in [9.17, 15) is 0 Å². The van der Waals surface area contributed by atoms with Crippen LogP contribution < -0.4 is 5.32 Å². The first-order valence-corrected chi connectivity index (χ1v) is 8.30. The number of unbranched alkanes of at least 4 members (excludes halogenated alkanes) is 3. The molecule has 1 aliphatic heterocycles. The molecule has 106 valence electrons. The molecule has 2 atom stereocenters. The van der Waals surface area contributed by atoms with Gasteiger partial charge in [-0.05, 0) is 71.1 Å². The molecule has 18 heavy (non-hydrogen) atoms. The molecule has 2 aliphatic rings. The van der Waals surface area contributed by atoms with Gasteiger partial charge >= 0.3 is 0 Å². The lowest BCUT2D eigenvalue weighted by molar-refractivity contribution is 0.0595. The topological polar surface area (TPSA) is 15.3 Å². The summed E-state index contributed by atoms with van der Waals surface area (Å²) in [6.07, 6.45) is 14.6. The van der Waals surface area contributed by atoms with Crippen molar-refractivity contribution in [2.75, 3.05) is 26.7 Å². The first-order chi connectivity index (χ1) is 8.92. The lowest BCUT2D eigenvalue weighted by Crippen LogP contribution is -2.47. The van der Waals surface area contributed by atoms with Gasteiger partial charge in [-0.3, -0.25) is 0 Å². The fraction of sp³-hybridized carbons (Fsp3) is 1.00. The van der Waals surface area contributed by atoms with Crippen LogP contribution in [0.1, 0.15) is 64.2 Å². The second-order valence-corrected chi connectivity index (χ2v) is 6.31. The van der Waals surface area contributed by atoms with Crippen LogP contribution in [-0.2, 0) is 0 Å². The van der Waals surface area contributed by atoms with E-state index >= 15 is 0 Å². The van der Waals surface area contributed by atoms with Crippen LogP contribution in [0, 0.1) is 5.92 Å². The molecular formula is C16H32N2. The highest BCUT2D eigenvalue weighted by molar-refractivity contribution is 4.87. The number of likely N-dealkylation sites (tertiary alicyclic amines) is 1. The Balaban J connectivity index is 1.62. The minimum atomic E-state index is 0.963. The SMILES string of the molecule is CNCCCCCCN1CCC[C@H]2CCCC[C@H]21. The van der Waals surface area contributed by atoms with Crippen LogP contribution in [0.4, 0.5) is 0 Å². The molecule has 1 saturated heterocycles. The van der Waals surface area contributed by atoms with Gasteiger partial charge in [-0.15, -0.1) is 0 Å². The van der Waals surface area contributed by atoms with Gasteiger partial charge in [0.05, 0.1) is 0 Å². The van der Waals surface area contributed by atoms with E-state index in [4.69, 9.17) is 0 Å². The summed E-state index contributed by atoms with van der Waals surface area (Å²) >= 11 is 0. The Bertz CT molecular complexity index is 215. The van der Waals surface area contributed by atoms with Gasteiger partial charge in [0, 0.05) is 6.04 Å². The van der Waals surface area contributed by atoms with Gasteiger partial charge in [0.1, 0.15) is 0 Å². The van der Waals surface area contributed by atoms with Gasteiger partial charge in [-0.25, -0.2) is 0 Å². The molecule has 1 aliphatic carbocycles. The van der Waals surface area contributed by atoms with E-state index in [1.54, 1.807) is 0 Å². The van der Waals surface area contributed by atoms with Gasteiger partial charge in [0.2, 0.25) is 0 Å². The summed E-state index contributed by atoms with van der Waals surface area (Å²) in [6.45, 7) is 3.95. The number of hydrogen-bond acceptors (Lipinski definition) is 2. The van der Waals surface area contributed by atoms with Crippen LogP contribution in [0.15, 0.2) is 0 Å². The Hall–Kier alpha value is -0.0800. The monoisotopic (exact) mass is 252 g/mol. The van der Waals surface area contributed by atoms with Crippen molar-refractivity contribution in [1.82, 2.24) is 10.2 Å². The van der Waals surface area contributed by atoms with E-state index in [0.717, 1.165) is 12.0 Å². The smallest absolute Gasteiger partial charge is 0.0123 e. The summed E-state index contributed by atoms with van der Waals surface area (Å²) in [6, 6.07) is 0.963. The van der Waals surface area contributed by atoms with Gasteiger partial charge in [-0.1, -0.05) is 25.7 Å². The minimum absolute atomic E-state index is 0.963. The predicted molar refractivity (Wildman–Crippen MR) is 78.9 cm³/mol. The molecule has 2 fully saturated rings. The van der Waals surface area contributed by atoms with Crippen molar-refractivity contribution in [3.63, 3.8) is 0 Å². The Morgan fingerprint density at radius 3 is 2.61 bits per heavy atom. The molecule has 0 spiro atoms. The fourth-order valence-corrected chi connectivity index (χ4v) is 3.98. The van der Waals surface area contributed by atoms with Crippen molar-refractivity contribution in [1.29, 1.82) is 0 Å². The molecule has 1 N–H and O–H groups in total. The minimum Gasteiger partial charge on any atom is -0.320 e. The molecule has 2 heteroatoms. The number of piperidine rings is 1. The maximum absolute atomic E-state index is 3.23. The summed E-state index contributed by atoms with van der Waals surface area (Å²) in [5.74, 6) is 1.05. The quantitative estimate of drug-likeness (QED) is 0.698. The molecule has 0 bridgehead atoms. The third-order valence-electron chi connectivity index (χ3n) is 4.98. The second kappa shape index (κ2) is 8.16. The summed E-state index contributed by atoms with van der Waals surface area (Å²) in [5.41, 5.74) is 0.